The summed E-state index contributed by atoms with van der Waals surface area (Å²) in [7, 11) is 0. The Hall–Kier alpha value is -3.21. The van der Waals surface area contributed by atoms with Gasteiger partial charge in [-0.1, -0.05) is 0 Å². The number of nitrogens with zero attached hydrogens (tertiary/aromatic N) is 2. The molecule has 28 heavy (non-hydrogen) atoms. The maximum Gasteiger partial charge on any atom is 0.274 e. The number of fused-ring (bicyclic) bond motifs is 1. The van der Waals surface area contributed by atoms with Crippen molar-refractivity contribution in [3.05, 3.63) is 39.5 Å². The van der Waals surface area contributed by atoms with Gasteiger partial charge in [-0.15, -0.1) is 0 Å². The van der Waals surface area contributed by atoms with Crippen molar-refractivity contribution < 1.29 is 19.2 Å². The number of nitrogens with one attached hydrogen (secondary N) is 3. The molecule has 2 aromatic rings. The number of nitrogen functional groups attached to an aromatic ring is 1. The first kappa shape index (κ1) is 18.2. The van der Waals surface area contributed by atoms with Crippen LogP contribution >= 0.6 is 15.9 Å². The van der Waals surface area contributed by atoms with Gasteiger partial charge in [0.2, 0.25) is 11.8 Å². The Balaban J connectivity index is 1.52. The molecule has 4 amide bonds. The number of hydrogen-bond acceptors (Lipinski definition) is 6. The molecule has 0 radical (unpaired) electrons. The molecule has 10 nitrogen and oxygen atoms in total. The van der Waals surface area contributed by atoms with Crippen LogP contribution in [0.5, 0.6) is 0 Å². The van der Waals surface area contributed by atoms with E-state index in [1.165, 1.54) is 4.90 Å². The van der Waals surface area contributed by atoms with E-state index in [2.05, 4.69) is 36.8 Å². The van der Waals surface area contributed by atoms with Crippen LogP contribution in [0.3, 0.4) is 0 Å². The Bertz CT molecular complexity index is 1030. The third kappa shape index (κ3) is 3.03. The van der Waals surface area contributed by atoms with Crippen molar-refractivity contribution >= 4 is 51.1 Å². The lowest BCUT2D eigenvalue weighted by Crippen LogP contribution is -2.52. The SMILES string of the molecule is Nc1n[nH]c(C(=O)Nc2ccc3c(c2)CN(C2CCC(=O)NC2=O)C3=O)c1Br. The summed E-state index contributed by atoms with van der Waals surface area (Å²) in [4.78, 5) is 49.9. The van der Waals surface area contributed by atoms with Crippen LogP contribution in [0.2, 0.25) is 0 Å². The Morgan fingerprint density at radius 2 is 2.11 bits per heavy atom. The average molecular weight is 447 g/mol. The van der Waals surface area contributed by atoms with Crippen molar-refractivity contribution in [3.63, 3.8) is 0 Å². The molecule has 2 aliphatic heterocycles. The second kappa shape index (κ2) is 6.75. The Morgan fingerprint density at radius 1 is 1.32 bits per heavy atom. The van der Waals surface area contributed by atoms with Gasteiger partial charge in [-0.25, -0.2) is 0 Å². The summed E-state index contributed by atoms with van der Waals surface area (Å²) in [6.45, 7) is 0.227. The van der Waals surface area contributed by atoms with E-state index in [-0.39, 0.29) is 36.3 Å². The fourth-order valence-corrected chi connectivity index (χ4v) is 3.70. The monoisotopic (exact) mass is 446 g/mol. The molecule has 0 spiro atoms. The fraction of sp³-hybridized carbons (Fsp3) is 0.235. The van der Waals surface area contributed by atoms with E-state index >= 15 is 0 Å². The number of amides is 4. The topological polar surface area (TPSA) is 150 Å². The van der Waals surface area contributed by atoms with Crippen molar-refractivity contribution in [2.45, 2.75) is 25.4 Å². The molecular weight excluding hydrogens is 432 g/mol. The largest absolute Gasteiger partial charge is 0.381 e. The molecule has 1 unspecified atom stereocenters. The van der Waals surface area contributed by atoms with Crippen molar-refractivity contribution in [2.24, 2.45) is 0 Å². The number of hydrogen-bond donors (Lipinski definition) is 4. The standard InChI is InChI=1S/C17H15BrN6O4/c18-12-13(22-23-14(12)19)16(27)20-8-1-2-9-7(5-8)6-24(17(9)28)10-3-4-11(25)21-15(10)26/h1-2,5,10H,3-4,6H2,(H,20,27)(H3,19,22,23)(H,21,25,26). The maximum absolute atomic E-state index is 12.7. The zero-order chi connectivity index (χ0) is 20.0. The molecule has 1 atom stereocenters. The Kier molecular flexibility index (Phi) is 4.38. The number of aromatic amines is 1. The minimum atomic E-state index is -0.681. The molecule has 11 heteroatoms. The molecule has 3 heterocycles. The Labute approximate surface area is 167 Å². The summed E-state index contributed by atoms with van der Waals surface area (Å²) in [6, 6.07) is 4.22. The lowest BCUT2D eigenvalue weighted by Gasteiger charge is -2.29. The van der Waals surface area contributed by atoms with Gasteiger partial charge in [-0.3, -0.25) is 29.6 Å². The third-order valence-electron chi connectivity index (χ3n) is 4.74. The highest BCUT2D eigenvalue weighted by atomic mass is 79.9. The number of rotatable bonds is 3. The molecule has 1 aromatic heterocycles. The number of benzene rings is 1. The fourth-order valence-electron chi connectivity index (χ4n) is 3.34. The molecule has 0 aliphatic carbocycles. The van der Waals surface area contributed by atoms with Crippen LogP contribution in [0.25, 0.3) is 0 Å². The highest BCUT2D eigenvalue weighted by Crippen LogP contribution is 2.30. The molecular formula is C17H15BrN6O4. The summed E-state index contributed by atoms with van der Waals surface area (Å²) < 4.78 is 0.366. The van der Waals surface area contributed by atoms with Gasteiger partial charge in [0.15, 0.2) is 5.82 Å². The number of imide groups is 1. The minimum Gasteiger partial charge on any atom is -0.381 e. The third-order valence-corrected chi connectivity index (χ3v) is 5.54. The number of anilines is 2. The number of carbonyl (C=O) groups excluding carboxylic acids is 4. The molecule has 4 rings (SSSR count). The molecule has 1 fully saturated rings. The van der Waals surface area contributed by atoms with E-state index < -0.39 is 17.9 Å². The lowest BCUT2D eigenvalue weighted by molar-refractivity contribution is -0.136. The number of nitrogens with two attached hydrogens (primary N) is 1. The van der Waals surface area contributed by atoms with E-state index in [4.69, 9.17) is 5.73 Å². The first-order valence-corrected chi connectivity index (χ1v) is 9.22. The molecule has 0 saturated carbocycles. The van der Waals surface area contributed by atoms with Crippen LogP contribution in [-0.4, -0.2) is 44.8 Å². The number of carbonyl (C=O) groups is 4. The normalized spacial score (nSPS) is 18.8. The van der Waals surface area contributed by atoms with Crippen molar-refractivity contribution in [3.8, 4) is 0 Å². The van der Waals surface area contributed by atoms with Gasteiger partial charge in [0.05, 0.1) is 4.47 Å². The summed E-state index contributed by atoms with van der Waals surface area (Å²) in [5.74, 6) is -1.34. The van der Waals surface area contributed by atoms with Crippen LogP contribution < -0.4 is 16.4 Å². The van der Waals surface area contributed by atoms with E-state index in [9.17, 15) is 19.2 Å². The summed E-state index contributed by atoms with van der Waals surface area (Å²) >= 11 is 3.19. The maximum atomic E-state index is 12.7. The summed E-state index contributed by atoms with van der Waals surface area (Å²) in [5, 5.41) is 11.3. The van der Waals surface area contributed by atoms with Gasteiger partial charge < -0.3 is 16.0 Å². The molecule has 1 saturated heterocycles. The van der Waals surface area contributed by atoms with Crippen LogP contribution in [0.1, 0.15) is 39.3 Å². The van der Waals surface area contributed by atoms with Gasteiger partial charge in [0.1, 0.15) is 11.7 Å². The zero-order valence-electron chi connectivity index (χ0n) is 14.4. The first-order chi connectivity index (χ1) is 13.3. The van der Waals surface area contributed by atoms with Crippen LogP contribution in [0.4, 0.5) is 11.5 Å². The minimum absolute atomic E-state index is 0.171. The van der Waals surface area contributed by atoms with Gasteiger partial charge in [0.25, 0.3) is 11.8 Å². The number of aromatic nitrogens is 2. The summed E-state index contributed by atoms with van der Waals surface area (Å²) in [5.41, 5.74) is 7.43. The molecule has 144 valence electrons. The first-order valence-electron chi connectivity index (χ1n) is 8.43. The van der Waals surface area contributed by atoms with Crippen molar-refractivity contribution in [1.29, 1.82) is 0 Å². The van der Waals surface area contributed by atoms with E-state index in [0.717, 1.165) is 0 Å². The van der Waals surface area contributed by atoms with Gasteiger partial charge in [-0.2, -0.15) is 5.10 Å². The van der Waals surface area contributed by atoms with Gasteiger partial charge in [0, 0.05) is 24.2 Å². The van der Waals surface area contributed by atoms with E-state index in [0.29, 0.717) is 27.7 Å². The molecule has 2 aliphatic rings. The number of piperidine rings is 1. The molecule has 1 aromatic carbocycles. The van der Waals surface area contributed by atoms with Gasteiger partial charge in [-0.05, 0) is 46.1 Å². The van der Waals surface area contributed by atoms with Crippen LogP contribution in [0.15, 0.2) is 22.7 Å². The summed E-state index contributed by atoms with van der Waals surface area (Å²) in [6.07, 6.45) is 0.489. The van der Waals surface area contributed by atoms with Gasteiger partial charge >= 0.3 is 0 Å². The smallest absolute Gasteiger partial charge is 0.274 e. The van der Waals surface area contributed by atoms with Crippen LogP contribution in [0, 0.1) is 0 Å². The van der Waals surface area contributed by atoms with Crippen molar-refractivity contribution in [2.75, 3.05) is 11.1 Å². The second-order valence-electron chi connectivity index (χ2n) is 6.52. The van der Waals surface area contributed by atoms with E-state index in [1.54, 1.807) is 18.2 Å². The predicted octanol–water partition coefficient (Wildman–Crippen LogP) is 0.768. The lowest BCUT2D eigenvalue weighted by atomic mass is 10.0. The number of halogens is 1. The molecule has 5 N–H and O–H groups in total. The average Bonchev–Trinajstić information content (AvgIpc) is 3.15. The highest BCUT2D eigenvalue weighted by molar-refractivity contribution is 9.10. The zero-order valence-corrected chi connectivity index (χ0v) is 16.0. The second-order valence-corrected chi connectivity index (χ2v) is 7.32. The highest BCUT2D eigenvalue weighted by Gasteiger charge is 2.39. The molecule has 0 bridgehead atoms. The van der Waals surface area contributed by atoms with Crippen LogP contribution in [-0.2, 0) is 16.1 Å². The van der Waals surface area contributed by atoms with E-state index in [1.807, 2.05) is 0 Å². The quantitative estimate of drug-likeness (QED) is 0.511. The predicted molar refractivity (Wildman–Crippen MR) is 101 cm³/mol. The van der Waals surface area contributed by atoms with Crippen molar-refractivity contribution in [1.82, 2.24) is 20.4 Å². The number of H-pyrrole nitrogens is 1. The Morgan fingerprint density at radius 3 is 2.79 bits per heavy atom.